The minimum Gasteiger partial charge on any atom is -0.459 e. The van der Waals surface area contributed by atoms with E-state index in [9.17, 15) is 9.59 Å². The summed E-state index contributed by atoms with van der Waals surface area (Å²) in [5, 5.41) is 4.32. The first-order valence-electron chi connectivity index (χ1n) is 9.33. The van der Waals surface area contributed by atoms with Crippen LogP contribution in [-0.2, 0) is 22.6 Å². The van der Waals surface area contributed by atoms with Gasteiger partial charge in [-0.25, -0.2) is 9.67 Å². The molecule has 7 nitrogen and oxygen atoms in total. The summed E-state index contributed by atoms with van der Waals surface area (Å²) in [6.07, 6.45) is 4.40. The molecule has 3 heterocycles. The molecule has 3 aromatic heterocycles. The summed E-state index contributed by atoms with van der Waals surface area (Å²) in [6, 6.07) is 16.6. The van der Waals surface area contributed by atoms with Gasteiger partial charge in [0.2, 0.25) is 0 Å². The molecule has 0 aliphatic rings. The SMILES string of the molecule is Cc1cccc2nc(COC(=O)CCc3cnn(-c4ccccc4)c3)cc(=O)n12. The van der Waals surface area contributed by atoms with E-state index in [0.29, 0.717) is 17.8 Å². The lowest BCUT2D eigenvalue weighted by atomic mass is 10.2. The summed E-state index contributed by atoms with van der Waals surface area (Å²) in [5.74, 6) is -0.344. The number of aryl methyl sites for hydroxylation is 2. The highest BCUT2D eigenvalue weighted by molar-refractivity contribution is 5.69. The Morgan fingerprint density at radius 2 is 1.93 bits per heavy atom. The number of carbonyl (C=O) groups excluding carboxylic acids is 1. The van der Waals surface area contributed by atoms with Gasteiger partial charge in [-0.3, -0.25) is 14.0 Å². The Morgan fingerprint density at radius 1 is 1.10 bits per heavy atom. The molecule has 4 aromatic rings. The fourth-order valence-corrected chi connectivity index (χ4v) is 3.12. The number of benzene rings is 1. The smallest absolute Gasteiger partial charge is 0.306 e. The van der Waals surface area contributed by atoms with Crippen LogP contribution in [0.1, 0.15) is 23.4 Å². The van der Waals surface area contributed by atoms with Crippen molar-refractivity contribution in [3.63, 3.8) is 0 Å². The molecule has 146 valence electrons. The van der Waals surface area contributed by atoms with Crippen LogP contribution in [0.2, 0.25) is 0 Å². The highest BCUT2D eigenvalue weighted by Gasteiger charge is 2.09. The number of hydrogen-bond donors (Lipinski definition) is 0. The average Bonchev–Trinajstić information content (AvgIpc) is 3.20. The number of fused-ring (bicyclic) bond motifs is 1. The van der Waals surface area contributed by atoms with E-state index in [1.807, 2.05) is 55.6 Å². The molecule has 0 bridgehead atoms. The zero-order valence-corrected chi connectivity index (χ0v) is 16.0. The normalized spacial score (nSPS) is 10.9. The molecule has 0 unspecified atom stereocenters. The van der Waals surface area contributed by atoms with Crippen LogP contribution in [0.3, 0.4) is 0 Å². The lowest BCUT2D eigenvalue weighted by Gasteiger charge is -2.07. The van der Waals surface area contributed by atoms with Crippen molar-refractivity contribution < 1.29 is 9.53 Å². The number of hydrogen-bond acceptors (Lipinski definition) is 5. The molecule has 0 atom stereocenters. The van der Waals surface area contributed by atoms with Crippen LogP contribution in [0.4, 0.5) is 0 Å². The zero-order chi connectivity index (χ0) is 20.2. The van der Waals surface area contributed by atoms with Crippen molar-refractivity contribution in [2.24, 2.45) is 0 Å². The fourth-order valence-electron chi connectivity index (χ4n) is 3.12. The highest BCUT2D eigenvalue weighted by atomic mass is 16.5. The van der Waals surface area contributed by atoms with Gasteiger partial charge < -0.3 is 4.74 Å². The van der Waals surface area contributed by atoms with Crippen LogP contribution >= 0.6 is 0 Å². The van der Waals surface area contributed by atoms with Crippen molar-refractivity contribution in [2.75, 3.05) is 0 Å². The van der Waals surface area contributed by atoms with Gasteiger partial charge in [0.05, 0.1) is 17.6 Å². The number of aromatic nitrogens is 4. The number of nitrogens with zero attached hydrogens (tertiary/aromatic N) is 4. The Hall–Kier alpha value is -3.74. The molecule has 0 saturated carbocycles. The number of rotatable bonds is 6. The Balaban J connectivity index is 1.35. The first kappa shape index (κ1) is 18.6. The van der Waals surface area contributed by atoms with Gasteiger partial charge in [-0.05, 0) is 43.2 Å². The molecular formula is C22H20N4O3. The van der Waals surface area contributed by atoms with E-state index < -0.39 is 0 Å². The van der Waals surface area contributed by atoms with Crippen molar-refractivity contribution in [2.45, 2.75) is 26.4 Å². The third-order valence-electron chi connectivity index (χ3n) is 4.59. The van der Waals surface area contributed by atoms with Gasteiger partial charge in [0.1, 0.15) is 12.3 Å². The molecule has 4 rings (SSSR count). The fraction of sp³-hybridized carbons (Fsp3) is 0.182. The Bertz CT molecular complexity index is 1210. The van der Waals surface area contributed by atoms with Crippen LogP contribution in [0, 0.1) is 6.92 Å². The largest absolute Gasteiger partial charge is 0.459 e. The predicted molar refractivity (Wildman–Crippen MR) is 108 cm³/mol. The molecule has 0 aliphatic carbocycles. The third-order valence-corrected chi connectivity index (χ3v) is 4.59. The standard InChI is InChI=1S/C22H20N4O3/c1-16-6-5-9-20-24-18(12-21(27)26(16)20)15-29-22(28)11-10-17-13-23-25(14-17)19-7-3-2-4-8-19/h2-9,12-14H,10-11,15H2,1H3. The van der Waals surface area contributed by atoms with E-state index in [2.05, 4.69) is 10.1 Å². The summed E-state index contributed by atoms with van der Waals surface area (Å²) < 4.78 is 8.60. The lowest BCUT2D eigenvalue weighted by molar-refractivity contribution is -0.145. The second-order valence-electron chi connectivity index (χ2n) is 6.74. The zero-order valence-electron chi connectivity index (χ0n) is 16.0. The van der Waals surface area contributed by atoms with Crippen molar-refractivity contribution in [1.29, 1.82) is 0 Å². The Kier molecular flexibility index (Phi) is 5.20. The second kappa shape index (κ2) is 8.10. The van der Waals surface area contributed by atoms with Crippen LogP contribution in [-0.4, -0.2) is 25.1 Å². The number of para-hydroxylation sites is 1. The molecule has 0 radical (unpaired) electrons. The van der Waals surface area contributed by atoms with Crippen LogP contribution < -0.4 is 5.56 Å². The van der Waals surface area contributed by atoms with Crippen LogP contribution in [0.5, 0.6) is 0 Å². The minimum absolute atomic E-state index is 0.0260. The van der Waals surface area contributed by atoms with Crippen LogP contribution in [0.15, 0.2) is 71.8 Å². The first-order chi connectivity index (χ1) is 14.1. The molecule has 29 heavy (non-hydrogen) atoms. The maximum Gasteiger partial charge on any atom is 0.306 e. The third kappa shape index (κ3) is 4.24. The predicted octanol–water partition coefficient (Wildman–Crippen LogP) is 2.86. The second-order valence-corrected chi connectivity index (χ2v) is 6.74. The van der Waals surface area contributed by atoms with Crippen molar-refractivity contribution in [3.8, 4) is 5.69 Å². The number of ether oxygens (including phenoxy) is 1. The Labute approximate surface area is 167 Å². The summed E-state index contributed by atoms with van der Waals surface area (Å²) in [7, 11) is 0. The average molecular weight is 388 g/mol. The summed E-state index contributed by atoms with van der Waals surface area (Å²) >= 11 is 0. The highest BCUT2D eigenvalue weighted by Crippen LogP contribution is 2.10. The first-order valence-corrected chi connectivity index (χ1v) is 9.33. The van der Waals surface area contributed by atoms with Gasteiger partial charge in [-0.15, -0.1) is 0 Å². The molecule has 0 fully saturated rings. The quantitative estimate of drug-likeness (QED) is 0.475. The van der Waals surface area contributed by atoms with Crippen molar-refractivity contribution in [1.82, 2.24) is 19.2 Å². The van der Waals surface area contributed by atoms with Gasteiger partial charge >= 0.3 is 5.97 Å². The van der Waals surface area contributed by atoms with E-state index in [-0.39, 0.29) is 24.6 Å². The molecule has 0 amide bonds. The molecule has 0 aliphatic heterocycles. The van der Waals surface area contributed by atoms with Gasteiger partial charge in [0, 0.05) is 24.4 Å². The van der Waals surface area contributed by atoms with E-state index in [0.717, 1.165) is 16.9 Å². The van der Waals surface area contributed by atoms with E-state index in [4.69, 9.17) is 4.74 Å². The van der Waals surface area contributed by atoms with Crippen LogP contribution in [0.25, 0.3) is 11.3 Å². The van der Waals surface area contributed by atoms with Gasteiger partial charge in [0.25, 0.3) is 5.56 Å². The number of carbonyl (C=O) groups is 1. The molecule has 7 heteroatoms. The molecular weight excluding hydrogens is 368 g/mol. The lowest BCUT2D eigenvalue weighted by Crippen LogP contribution is -2.18. The van der Waals surface area contributed by atoms with Gasteiger partial charge in [-0.2, -0.15) is 5.10 Å². The van der Waals surface area contributed by atoms with Gasteiger partial charge in [0.15, 0.2) is 0 Å². The maximum atomic E-state index is 12.3. The molecule has 0 spiro atoms. The molecule has 0 saturated heterocycles. The topological polar surface area (TPSA) is 78.5 Å². The van der Waals surface area contributed by atoms with E-state index in [1.165, 1.54) is 10.5 Å². The van der Waals surface area contributed by atoms with E-state index in [1.54, 1.807) is 16.9 Å². The number of pyridine rings is 1. The monoisotopic (exact) mass is 388 g/mol. The summed E-state index contributed by atoms with van der Waals surface area (Å²) in [6.45, 7) is 1.82. The molecule has 1 aromatic carbocycles. The van der Waals surface area contributed by atoms with Crippen molar-refractivity contribution >= 4 is 11.6 Å². The van der Waals surface area contributed by atoms with E-state index >= 15 is 0 Å². The summed E-state index contributed by atoms with van der Waals surface area (Å²) in [5.41, 5.74) is 3.50. The summed E-state index contributed by atoms with van der Waals surface area (Å²) in [4.78, 5) is 28.8. The number of esters is 1. The maximum absolute atomic E-state index is 12.3. The minimum atomic E-state index is -0.344. The van der Waals surface area contributed by atoms with Crippen molar-refractivity contribution in [3.05, 3.63) is 94.3 Å². The Morgan fingerprint density at radius 3 is 2.76 bits per heavy atom. The van der Waals surface area contributed by atoms with Gasteiger partial charge in [-0.1, -0.05) is 24.3 Å². The molecule has 0 N–H and O–H groups in total.